The molecule has 4 nitrogen and oxygen atoms in total. The van der Waals surface area contributed by atoms with Crippen LogP contribution in [0.3, 0.4) is 0 Å². The Morgan fingerprint density at radius 1 is 1.18 bits per heavy atom. The van der Waals surface area contributed by atoms with E-state index < -0.39 is 5.82 Å². The minimum absolute atomic E-state index is 0.155. The monoisotopic (exact) mass is 319 g/mol. The van der Waals surface area contributed by atoms with Crippen molar-refractivity contribution in [1.29, 1.82) is 0 Å². The van der Waals surface area contributed by atoms with Crippen LogP contribution in [-0.4, -0.2) is 12.6 Å². The van der Waals surface area contributed by atoms with Gasteiger partial charge in [-0.2, -0.15) is 0 Å². The van der Waals surface area contributed by atoms with Crippen molar-refractivity contribution in [2.75, 3.05) is 12.1 Å². The van der Waals surface area contributed by atoms with Gasteiger partial charge in [0.1, 0.15) is 5.82 Å². The van der Waals surface area contributed by atoms with E-state index in [4.69, 9.17) is 21.1 Å². The third-order valence-electron chi connectivity index (χ3n) is 3.06. The molecule has 1 N–H and O–H groups in total. The molecule has 112 valence electrons. The van der Waals surface area contributed by atoms with Gasteiger partial charge in [0, 0.05) is 17.8 Å². The van der Waals surface area contributed by atoms with Crippen molar-refractivity contribution >= 4 is 23.1 Å². The number of carbonyl (C=O) groups excluding carboxylic acids is 1. The van der Waals surface area contributed by atoms with Gasteiger partial charge in [-0.1, -0.05) is 11.6 Å². The summed E-state index contributed by atoms with van der Waals surface area (Å²) in [4.78, 5) is 12.1. The second-order valence-corrected chi connectivity index (χ2v) is 4.94. The van der Waals surface area contributed by atoms with Gasteiger partial charge in [0.25, 0.3) is 0 Å². The van der Waals surface area contributed by atoms with Crippen molar-refractivity contribution in [3.05, 3.63) is 65.1 Å². The van der Waals surface area contributed by atoms with Gasteiger partial charge in [-0.3, -0.25) is 4.79 Å². The highest BCUT2D eigenvalue weighted by atomic mass is 35.5. The lowest BCUT2D eigenvalue weighted by Gasteiger charge is -2.03. The highest BCUT2D eigenvalue weighted by molar-refractivity contribution is 6.33. The van der Waals surface area contributed by atoms with Crippen LogP contribution < -0.4 is 14.8 Å². The summed E-state index contributed by atoms with van der Waals surface area (Å²) in [6.07, 6.45) is 2.74. The van der Waals surface area contributed by atoms with Crippen molar-refractivity contribution in [3.63, 3.8) is 0 Å². The van der Waals surface area contributed by atoms with E-state index in [0.717, 1.165) is 0 Å². The number of ether oxygens (including phenoxy) is 2. The van der Waals surface area contributed by atoms with Gasteiger partial charge >= 0.3 is 0 Å². The van der Waals surface area contributed by atoms with Crippen molar-refractivity contribution in [2.24, 2.45) is 0 Å². The normalized spacial score (nSPS) is 12.6. The van der Waals surface area contributed by atoms with Gasteiger partial charge in [-0.05, 0) is 36.4 Å². The van der Waals surface area contributed by atoms with E-state index >= 15 is 0 Å². The molecule has 0 saturated carbocycles. The zero-order valence-electron chi connectivity index (χ0n) is 11.3. The lowest BCUT2D eigenvalue weighted by molar-refractivity contribution is 0.104. The third kappa shape index (κ3) is 3.04. The number of benzene rings is 2. The number of hydrogen-bond acceptors (Lipinski definition) is 4. The summed E-state index contributed by atoms with van der Waals surface area (Å²) in [6.45, 7) is 0.155. The van der Waals surface area contributed by atoms with Crippen LogP contribution in [0.5, 0.6) is 11.5 Å². The summed E-state index contributed by atoms with van der Waals surface area (Å²) in [5.41, 5.74) is 0.851. The molecule has 0 amide bonds. The Balaban J connectivity index is 1.70. The first kappa shape index (κ1) is 14.4. The third-order valence-corrected chi connectivity index (χ3v) is 3.39. The SMILES string of the molecule is O=C(C=CNc1cc(F)ccc1Cl)c1ccc2c(c1)OCO2. The van der Waals surface area contributed by atoms with E-state index in [9.17, 15) is 9.18 Å². The summed E-state index contributed by atoms with van der Waals surface area (Å²) in [7, 11) is 0. The largest absolute Gasteiger partial charge is 0.454 e. The molecule has 0 fully saturated rings. The molecule has 22 heavy (non-hydrogen) atoms. The van der Waals surface area contributed by atoms with E-state index in [1.54, 1.807) is 18.2 Å². The molecule has 0 atom stereocenters. The molecule has 1 aliphatic heterocycles. The molecule has 2 aromatic carbocycles. The van der Waals surface area contributed by atoms with Crippen LogP contribution in [0, 0.1) is 5.82 Å². The predicted octanol–water partition coefficient (Wildman–Crippen LogP) is 4.02. The lowest BCUT2D eigenvalue weighted by atomic mass is 10.1. The molecule has 0 radical (unpaired) electrons. The summed E-state index contributed by atoms with van der Waals surface area (Å²) >= 11 is 5.91. The second kappa shape index (κ2) is 6.07. The fourth-order valence-corrected chi connectivity index (χ4v) is 2.13. The summed E-state index contributed by atoms with van der Waals surface area (Å²) in [6, 6.07) is 8.89. The van der Waals surface area contributed by atoms with Gasteiger partial charge in [0.15, 0.2) is 17.3 Å². The Morgan fingerprint density at radius 2 is 2.00 bits per heavy atom. The number of nitrogens with one attached hydrogen (secondary N) is 1. The second-order valence-electron chi connectivity index (χ2n) is 4.53. The maximum atomic E-state index is 13.1. The fraction of sp³-hybridized carbons (Fsp3) is 0.0625. The Morgan fingerprint density at radius 3 is 2.86 bits per heavy atom. The number of fused-ring (bicyclic) bond motifs is 1. The maximum absolute atomic E-state index is 13.1. The van der Waals surface area contributed by atoms with Crippen LogP contribution >= 0.6 is 11.6 Å². The molecule has 0 unspecified atom stereocenters. The molecule has 3 rings (SSSR count). The minimum Gasteiger partial charge on any atom is -0.454 e. The van der Waals surface area contributed by atoms with Crippen LogP contribution in [0.1, 0.15) is 10.4 Å². The highest BCUT2D eigenvalue weighted by Crippen LogP contribution is 2.32. The minimum atomic E-state index is -0.414. The standard InChI is InChI=1S/C16H11ClFNO3/c17-12-3-2-11(18)8-13(12)19-6-5-14(20)10-1-4-15-16(7-10)22-9-21-15/h1-8,19H,9H2. The van der Waals surface area contributed by atoms with Gasteiger partial charge in [0.05, 0.1) is 10.7 Å². The maximum Gasteiger partial charge on any atom is 0.231 e. The topological polar surface area (TPSA) is 47.6 Å². The van der Waals surface area contributed by atoms with E-state index in [0.29, 0.717) is 27.8 Å². The number of anilines is 1. The quantitative estimate of drug-likeness (QED) is 0.683. The van der Waals surface area contributed by atoms with Crippen LogP contribution in [0.2, 0.25) is 5.02 Å². The molecule has 6 heteroatoms. The van der Waals surface area contributed by atoms with Gasteiger partial charge in [0.2, 0.25) is 6.79 Å². The van der Waals surface area contributed by atoms with Crippen molar-refractivity contribution < 1.29 is 18.7 Å². The van der Waals surface area contributed by atoms with Crippen LogP contribution in [0.25, 0.3) is 0 Å². The molecule has 1 aliphatic rings. The van der Waals surface area contributed by atoms with Crippen LogP contribution in [0.15, 0.2) is 48.7 Å². The first-order valence-electron chi connectivity index (χ1n) is 6.45. The van der Waals surface area contributed by atoms with Crippen molar-refractivity contribution in [1.82, 2.24) is 0 Å². The van der Waals surface area contributed by atoms with Crippen LogP contribution in [0.4, 0.5) is 10.1 Å². The Hall–Kier alpha value is -2.53. The number of rotatable bonds is 4. The number of allylic oxidation sites excluding steroid dienone is 1. The zero-order valence-corrected chi connectivity index (χ0v) is 12.1. The first-order chi connectivity index (χ1) is 10.6. The molecule has 0 bridgehead atoms. The molecule has 0 saturated heterocycles. The lowest BCUT2D eigenvalue weighted by Crippen LogP contribution is -1.97. The number of carbonyl (C=O) groups is 1. The first-order valence-corrected chi connectivity index (χ1v) is 6.83. The average molecular weight is 320 g/mol. The number of ketones is 1. The zero-order chi connectivity index (χ0) is 15.5. The van der Waals surface area contributed by atoms with Crippen molar-refractivity contribution in [3.8, 4) is 11.5 Å². The smallest absolute Gasteiger partial charge is 0.231 e. The molecular formula is C16H11ClFNO3. The molecular weight excluding hydrogens is 309 g/mol. The van der Waals surface area contributed by atoms with Gasteiger partial charge in [-0.15, -0.1) is 0 Å². The molecule has 0 aromatic heterocycles. The average Bonchev–Trinajstić information content (AvgIpc) is 2.98. The number of halogens is 2. The summed E-state index contributed by atoms with van der Waals surface area (Å²) < 4.78 is 23.5. The molecule has 1 heterocycles. The fourth-order valence-electron chi connectivity index (χ4n) is 1.96. The number of hydrogen-bond donors (Lipinski definition) is 1. The molecule has 0 aliphatic carbocycles. The predicted molar refractivity (Wildman–Crippen MR) is 81.1 cm³/mol. The summed E-state index contributed by atoms with van der Waals surface area (Å²) in [5.74, 6) is 0.520. The Kier molecular flexibility index (Phi) is 3.98. The Labute approximate surface area is 131 Å². The van der Waals surface area contributed by atoms with Gasteiger partial charge < -0.3 is 14.8 Å². The van der Waals surface area contributed by atoms with Crippen LogP contribution in [-0.2, 0) is 0 Å². The van der Waals surface area contributed by atoms with E-state index in [-0.39, 0.29) is 12.6 Å². The molecule has 0 spiro atoms. The molecule has 2 aromatic rings. The Bertz CT molecular complexity index is 761. The van der Waals surface area contributed by atoms with E-state index in [1.165, 1.54) is 30.5 Å². The van der Waals surface area contributed by atoms with Gasteiger partial charge in [-0.25, -0.2) is 4.39 Å². The highest BCUT2D eigenvalue weighted by Gasteiger charge is 2.15. The van der Waals surface area contributed by atoms with E-state index in [2.05, 4.69) is 5.32 Å². The van der Waals surface area contributed by atoms with E-state index in [1.807, 2.05) is 0 Å². The van der Waals surface area contributed by atoms with Crippen molar-refractivity contribution in [2.45, 2.75) is 0 Å². The summed E-state index contributed by atoms with van der Waals surface area (Å²) in [5, 5.41) is 3.14.